The SMILES string of the molecule is CCCCCN1CCN(C)CC1. The first kappa shape index (κ1) is 10.0. The van der Waals surface area contributed by atoms with Gasteiger partial charge in [-0.1, -0.05) is 19.8 Å². The van der Waals surface area contributed by atoms with Crippen molar-refractivity contribution in [1.29, 1.82) is 0 Å². The van der Waals surface area contributed by atoms with E-state index < -0.39 is 0 Å². The summed E-state index contributed by atoms with van der Waals surface area (Å²) >= 11 is 0. The van der Waals surface area contributed by atoms with E-state index in [4.69, 9.17) is 0 Å². The molecule has 0 aromatic carbocycles. The predicted octanol–water partition coefficient (Wildman–Crippen LogP) is 1.42. The van der Waals surface area contributed by atoms with E-state index in [0.29, 0.717) is 0 Å². The highest BCUT2D eigenvalue weighted by atomic mass is 15.2. The Hall–Kier alpha value is -0.0800. The Morgan fingerprint density at radius 3 is 2.25 bits per heavy atom. The van der Waals surface area contributed by atoms with E-state index >= 15 is 0 Å². The molecule has 2 heteroatoms. The maximum Gasteiger partial charge on any atom is 0.0110 e. The third kappa shape index (κ3) is 3.55. The third-order valence-corrected chi connectivity index (χ3v) is 2.67. The predicted molar refractivity (Wildman–Crippen MR) is 53.5 cm³/mol. The highest BCUT2D eigenvalue weighted by Crippen LogP contribution is 2.02. The summed E-state index contributed by atoms with van der Waals surface area (Å²) in [5.41, 5.74) is 0. The highest BCUT2D eigenvalue weighted by molar-refractivity contribution is 4.68. The van der Waals surface area contributed by atoms with Crippen molar-refractivity contribution in [2.75, 3.05) is 39.8 Å². The first-order valence-corrected chi connectivity index (χ1v) is 5.24. The molecule has 0 unspecified atom stereocenters. The van der Waals surface area contributed by atoms with E-state index in [9.17, 15) is 0 Å². The van der Waals surface area contributed by atoms with Crippen LogP contribution in [0.2, 0.25) is 0 Å². The van der Waals surface area contributed by atoms with Crippen LogP contribution >= 0.6 is 0 Å². The molecule has 0 bridgehead atoms. The van der Waals surface area contributed by atoms with E-state index in [-0.39, 0.29) is 0 Å². The Morgan fingerprint density at radius 1 is 1.00 bits per heavy atom. The average molecular weight is 170 g/mol. The van der Waals surface area contributed by atoms with E-state index in [1.165, 1.54) is 52.0 Å². The lowest BCUT2D eigenvalue weighted by molar-refractivity contribution is 0.152. The summed E-state index contributed by atoms with van der Waals surface area (Å²) < 4.78 is 0. The molecule has 1 aliphatic heterocycles. The van der Waals surface area contributed by atoms with Crippen LogP contribution in [0.1, 0.15) is 26.2 Å². The fraction of sp³-hybridized carbons (Fsp3) is 1.00. The molecule has 72 valence electrons. The summed E-state index contributed by atoms with van der Waals surface area (Å²) in [7, 11) is 2.21. The number of nitrogens with zero attached hydrogens (tertiary/aromatic N) is 2. The number of hydrogen-bond donors (Lipinski definition) is 0. The van der Waals surface area contributed by atoms with Gasteiger partial charge in [-0.05, 0) is 20.0 Å². The fourth-order valence-electron chi connectivity index (χ4n) is 1.66. The summed E-state index contributed by atoms with van der Waals surface area (Å²) in [5.74, 6) is 0. The quantitative estimate of drug-likeness (QED) is 0.589. The lowest BCUT2D eigenvalue weighted by Gasteiger charge is -2.32. The van der Waals surface area contributed by atoms with Gasteiger partial charge in [0.2, 0.25) is 0 Å². The minimum atomic E-state index is 1.26. The van der Waals surface area contributed by atoms with Crippen molar-refractivity contribution in [2.45, 2.75) is 26.2 Å². The normalized spacial score (nSPS) is 21.5. The molecule has 0 aromatic rings. The van der Waals surface area contributed by atoms with Gasteiger partial charge in [-0.2, -0.15) is 0 Å². The number of hydrogen-bond acceptors (Lipinski definition) is 2. The van der Waals surface area contributed by atoms with Crippen LogP contribution in [0.15, 0.2) is 0 Å². The molecular weight excluding hydrogens is 148 g/mol. The summed E-state index contributed by atoms with van der Waals surface area (Å²) in [6.07, 6.45) is 4.13. The van der Waals surface area contributed by atoms with Crippen LogP contribution in [0.3, 0.4) is 0 Å². The summed E-state index contributed by atoms with van der Waals surface area (Å²) in [4.78, 5) is 5.01. The Morgan fingerprint density at radius 2 is 1.67 bits per heavy atom. The lowest BCUT2D eigenvalue weighted by Crippen LogP contribution is -2.44. The Kier molecular flexibility index (Phi) is 4.62. The number of rotatable bonds is 4. The van der Waals surface area contributed by atoms with E-state index in [0.717, 1.165) is 0 Å². The molecule has 0 spiro atoms. The van der Waals surface area contributed by atoms with Crippen LogP contribution in [0, 0.1) is 0 Å². The second-order valence-electron chi connectivity index (χ2n) is 3.85. The molecule has 0 amide bonds. The summed E-state index contributed by atoms with van der Waals surface area (Å²) in [6.45, 7) is 8.66. The number of piperazine rings is 1. The third-order valence-electron chi connectivity index (χ3n) is 2.67. The summed E-state index contributed by atoms with van der Waals surface area (Å²) in [5, 5.41) is 0. The maximum atomic E-state index is 2.59. The molecule has 1 heterocycles. The minimum Gasteiger partial charge on any atom is -0.304 e. The van der Waals surface area contributed by atoms with Gasteiger partial charge in [0.15, 0.2) is 0 Å². The molecule has 0 N–H and O–H groups in total. The van der Waals surface area contributed by atoms with Gasteiger partial charge in [-0.3, -0.25) is 0 Å². The first-order chi connectivity index (χ1) is 5.83. The topological polar surface area (TPSA) is 6.48 Å². The number of likely N-dealkylation sites (N-methyl/N-ethyl adjacent to an activating group) is 1. The van der Waals surface area contributed by atoms with Crippen LogP contribution in [0.4, 0.5) is 0 Å². The van der Waals surface area contributed by atoms with Gasteiger partial charge in [-0.15, -0.1) is 0 Å². The molecule has 0 aliphatic carbocycles. The largest absolute Gasteiger partial charge is 0.304 e. The van der Waals surface area contributed by atoms with Crippen LogP contribution in [-0.4, -0.2) is 49.6 Å². The molecule has 0 atom stereocenters. The van der Waals surface area contributed by atoms with Crippen molar-refractivity contribution in [2.24, 2.45) is 0 Å². The monoisotopic (exact) mass is 170 g/mol. The van der Waals surface area contributed by atoms with Crippen LogP contribution in [0.5, 0.6) is 0 Å². The van der Waals surface area contributed by atoms with Crippen LogP contribution in [0.25, 0.3) is 0 Å². The van der Waals surface area contributed by atoms with Crippen molar-refractivity contribution in [3.63, 3.8) is 0 Å². The molecule has 2 nitrogen and oxygen atoms in total. The van der Waals surface area contributed by atoms with Crippen LogP contribution < -0.4 is 0 Å². The number of unbranched alkanes of at least 4 members (excludes halogenated alkanes) is 2. The van der Waals surface area contributed by atoms with Gasteiger partial charge in [0.1, 0.15) is 0 Å². The van der Waals surface area contributed by atoms with E-state index in [1.807, 2.05) is 0 Å². The second-order valence-corrected chi connectivity index (χ2v) is 3.85. The molecule has 1 rings (SSSR count). The van der Waals surface area contributed by atoms with E-state index in [2.05, 4.69) is 23.8 Å². The van der Waals surface area contributed by atoms with Gasteiger partial charge >= 0.3 is 0 Å². The Labute approximate surface area is 76.5 Å². The molecule has 0 saturated carbocycles. The van der Waals surface area contributed by atoms with Gasteiger partial charge in [0, 0.05) is 26.2 Å². The Balaban J connectivity index is 2.01. The van der Waals surface area contributed by atoms with Crippen molar-refractivity contribution in [3.8, 4) is 0 Å². The zero-order chi connectivity index (χ0) is 8.81. The highest BCUT2D eigenvalue weighted by Gasteiger charge is 2.12. The van der Waals surface area contributed by atoms with Gasteiger partial charge in [0.05, 0.1) is 0 Å². The standard InChI is InChI=1S/C10H22N2/c1-3-4-5-6-12-9-7-11(2)8-10-12/h3-10H2,1-2H3. The maximum absolute atomic E-state index is 2.59. The zero-order valence-corrected chi connectivity index (χ0v) is 8.55. The smallest absolute Gasteiger partial charge is 0.0110 e. The fourth-order valence-corrected chi connectivity index (χ4v) is 1.66. The molecule has 0 radical (unpaired) electrons. The second kappa shape index (κ2) is 5.55. The van der Waals surface area contributed by atoms with Crippen molar-refractivity contribution >= 4 is 0 Å². The Bertz CT molecular complexity index is 106. The minimum absolute atomic E-state index is 1.26. The van der Waals surface area contributed by atoms with Gasteiger partial charge in [0.25, 0.3) is 0 Å². The van der Waals surface area contributed by atoms with Gasteiger partial charge in [-0.25, -0.2) is 0 Å². The van der Waals surface area contributed by atoms with Crippen molar-refractivity contribution < 1.29 is 0 Å². The van der Waals surface area contributed by atoms with E-state index in [1.54, 1.807) is 0 Å². The van der Waals surface area contributed by atoms with Crippen molar-refractivity contribution in [1.82, 2.24) is 9.80 Å². The first-order valence-electron chi connectivity index (χ1n) is 5.24. The molecule has 1 aliphatic rings. The molecular formula is C10H22N2. The average Bonchev–Trinajstić information content (AvgIpc) is 2.09. The molecule has 1 fully saturated rings. The zero-order valence-electron chi connectivity index (χ0n) is 8.55. The summed E-state index contributed by atoms with van der Waals surface area (Å²) in [6, 6.07) is 0. The van der Waals surface area contributed by atoms with Gasteiger partial charge < -0.3 is 9.80 Å². The molecule has 1 saturated heterocycles. The lowest BCUT2D eigenvalue weighted by atomic mass is 10.2. The van der Waals surface area contributed by atoms with Crippen LogP contribution in [-0.2, 0) is 0 Å². The molecule has 12 heavy (non-hydrogen) atoms. The van der Waals surface area contributed by atoms with Crippen molar-refractivity contribution in [3.05, 3.63) is 0 Å². The molecule has 0 aromatic heterocycles.